The second-order valence-electron chi connectivity index (χ2n) is 9.30. The Balaban J connectivity index is 1.70. The van der Waals surface area contributed by atoms with Gasteiger partial charge in [-0.2, -0.15) is 0 Å². The van der Waals surface area contributed by atoms with Gasteiger partial charge >= 0.3 is 0 Å². The van der Waals surface area contributed by atoms with Gasteiger partial charge < -0.3 is 19.9 Å². The van der Waals surface area contributed by atoms with Gasteiger partial charge in [0, 0.05) is 24.3 Å². The molecule has 0 aliphatic rings. The lowest BCUT2D eigenvalue weighted by Crippen LogP contribution is -2.23. The lowest BCUT2D eigenvalue weighted by atomic mass is 10.0. The van der Waals surface area contributed by atoms with Gasteiger partial charge in [0.1, 0.15) is 5.75 Å². The van der Waals surface area contributed by atoms with Crippen LogP contribution in [0.2, 0.25) is 0 Å². The summed E-state index contributed by atoms with van der Waals surface area (Å²) in [5.74, 6) is 1.59. The molecule has 1 aromatic heterocycles. The smallest absolute Gasteiger partial charge is 0.237 e. The summed E-state index contributed by atoms with van der Waals surface area (Å²) in [5, 5.41) is 14.6. The van der Waals surface area contributed by atoms with E-state index in [0.717, 1.165) is 5.75 Å². The minimum atomic E-state index is -0.427. The van der Waals surface area contributed by atoms with Crippen LogP contribution in [0, 0.1) is 0 Å². The van der Waals surface area contributed by atoms with Crippen LogP contribution in [0.3, 0.4) is 0 Å². The molecule has 0 saturated carbocycles. The first-order chi connectivity index (χ1) is 17.0. The molecule has 2 unspecified atom stereocenters. The van der Waals surface area contributed by atoms with Crippen molar-refractivity contribution in [2.75, 3.05) is 10.6 Å². The lowest BCUT2D eigenvalue weighted by molar-refractivity contribution is -0.115. The Morgan fingerprint density at radius 3 is 2.14 bits per heavy atom. The maximum atomic E-state index is 12.9. The predicted molar refractivity (Wildman–Crippen MR) is 145 cm³/mol. The molecule has 2 atom stereocenters. The number of hydrogen-bond donors (Lipinski definition) is 2. The summed E-state index contributed by atoms with van der Waals surface area (Å²) in [6, 6.07) is 15.2. The Labute approximate surface area is 217 Å². The molecular weight excluding hydrogens is 474 g/mol. The first kappa shape index (κ1) is 27.3. The third kappa shape index (κ3) is 7.10. The van der Waals surface area contributed by atoms with Crippen molar-refractivity contribution in [1.29, 1.82) is 0 Å². The standard InChI is InChI=1S/C27H35N5O3S/c1-16(2)21-11-13-24(14-12-21)35-18(5)25-30-31-27(32(25)17(3)4)36-19(6)26(34)29-23-10-8-9-22(15-23)28-20(7)33/h8-19H,1-7H3,(H,28,33)(H,29,34). The van der Waals surface area contributed by atoms with Crippen molar-refractivity contribution in [1.82, 2.24) is 14.8 Å². The van der Waals surface area contributed by atoms with Crippen molar-refractivity contribution in [2.24, 2.45) is 0 Å². The summed E-state index contributed by atoms with van der Waals surface area (Å²) in [6.07, 6.45) is -0.320. The quantitative estimate of drug-likeness (QED) is 0.316. The number of ether oxygens (including phenoxy) is 1. The Morgan fingerprint density at radius 2 is 1.56 bits per heavy atom. The molecule has 192 valence electrons. The van der Waals surface area contributed by atoms with Crippen molar-refractivity contribution < 1.29 is 14.3 Å². The molecule has 2 amide bonds. The van der Waals surface area contributed by atoms with Gasteiger partial charge in [0.05, 0.1) is 5.25 Å². The maximum absolute atomic E-state index is 12.9. The minimum absolute atomic E-state index is 0.0801. The second kappa shape index (κ2) is 12.1. The molecule has 0 fully saturated rings. The summed E-state index contributed by atoms with van der Waals surface area (Å²) in [6.45, 7) is 13.6. The zero-order valence-electron chi connectivity index (χ0n) is 21.9. The number of carbonyl (C=O) groups is 2. The van der Waals surface area contributed by atoms with E-state index < -0.39 is 5.25 Å². The van der Waals surface area contributed by atoms with E-state index in [0.29, 0.717) is 28.3 Å². The van der Waals surface area contributed by atoms with Crippen LogP contribution in [0.4, 0.5) is 11.4 Å². The summed E-state index contributed by atoms with van der Waals surface area (Å²) in [7, 11) is 0. The number of nitrogens with zero attached hydrogens (tertiary/aromatic N) is 3. The van der Waals surface area contributed by atoms with E-state index in [4.69, 9.17) is 4.74 Å². The number of nitrogens with one attached hydrogen (secondary N) is 2. The molecule has 3 rings (SSSR count). The van der Waals surface area contributed by atoms with Crippen LogP contribution >= 0.6 is 11.8 Å². The van der Waals surface area contributed by atoms with E-state index in [-0.39, 0.29) is 24.0 Å². The van der Waals surface area contributed by atoms with Gasteiger partial charge in [-0.05, 0) is 69.5 Å². The normalized spacial score (nSPS) is 12.9. The van der Waals surface area contributed by atoms with Gasteiger partial charge in [0.2, 0.25) is 11.8 Å². The minimum Gasteiger partial charge on any atom is -0.483 e. The highest BCUT2D eigenvalue weighted by atomic mass is 32.2. The number of anilines is 2. The van der Waals surface area contributed by atoms with Crippen LogP contribution in [0.25, 0.3) is 0 Å². The van der Waals surface area contributed by atoms with Crippen molar-refractivity contribution in [3.05, 3.63) is 59.9 Å². The summed E-state index contributed by atoms with van der Waals surface area (Å²) < 4.78 is 8.18. The number of carbonyl (C=O) groups excluding carboxylic acids is 2. The third-order valence-corrected chi connectivity index (χ3v) is 6.59. The van der Waals surface area contributed by atoms with E-state index >= 15 is 0 Å². The Kier molecular flexibility index (Phi) is 9.14. The van der Waals surface area contributed by atoms with Gasteiger partial charge in [0.25, 0.3) is 0 Å². The monoisotopic (exact) mass is 509 g/mol. The topological polar surface area (TPSA) is 98.1 Å². The van der Waals surface area contributed by atoms with Crippen LogP contribution in [0.15, 0.2) is 53.7 Å². The van der Waals surface area contributed by atoms with E-state index in [1.165, 1.54) is 24.2 Å². The molecule has 8 nitrogen and oxygen atoms in total. The average Bonchev–Trinajstić information content (AvgIpc) is 3.23. The lowest BCUT2D eigenvalue weighted by Gasteiger charge is -2.20. The number of rotatable bonds is 10. The molecule has 0 radical (unpaired) electrons. The first-order valence-corrected chi connectivity index (χ1v) is 13.0. The maximum Gasteiger partial charge on any atom is 0.237 e. The number of benzene rings is 2. The van der Waals surface area contributed by atoms with E-state index in [1.54, 1.807) is 24.3 Å². The average molecular weight is 510 g/mol. The second-order valence-corrected chi connectivity index (χ2v) is 10.6. The fourth-order valence-electron chi connectivity index (χ4n) is 3.65. The van der Waals surface area contributed by atoms with Gasteiger partial charge in [-0.3, -0.25) is 9.59 Å². The zero-order valence-corrected chi connectivity index (χ0v) is 22.7. The molecule has 0 spiro atoms. The molecule has 3 aromatic rings. The molecule has 0 aliphatic heterocycles. The highest BCUT2D eigenvalue weighted by molar-refractivity contribution is 8.00. The van der Waals surface area contributed by atoms with Crippen molar-refractivity contribution in [3.8, 4) is 5.75 Å². The molecule has 2 aromatic carbocycles. The molecular formula is C27H35N5O3S. The number of hydrogen-bond acceptors (Lipinski definition) is 6. The van der Waals surface area contributed by atoms with Gasteiger partial charge in [0.15, 0.2) is 17.1 Å². The van der Waals surface area contributed by atoms with Crippen LogP contribution in [-0.4, -0.2) is 31.8 Å². The van der Waals surface area contributed by atoms with Crippen LogP contribution in [0.1, 0.15) is 77.9 Å². The van der Waals surface area contributed by atoms with Gasteiger partial charge in [-0.25, -0.2) is 0 Å². The largest absolute Gasteiger partial charge is 0.483 e. The van der Waals surface area contributed by atoms with Crippen molar-refractivity contribution in [2.45, 2.75) is 76.9 Å². The fraction of sp³-hybridized carbons (Fsp3) is 0.407. The third-order valence-electron chi connectivity index (χ3n) is 5.53. The Morgan fingerprint density at radius 1 is 0.917 bits per heavy atom. The number of amides is 2. The van der Waals surface area contributed by atoms with E-state index in [9.17, 15) is 9.59 Å². The Hall–Kier alpha value is -3.33. The zero-order chi connectivity index (χ0) is 26.4. The molecule has 2 N–H and O–H groups in total. The van der Waals surface area contributed by atoms with Crippen LogP contribution in [0.5, 0.6) is 5.75 Å². The predicted octanol–water partition coefficient (Wildman–Crippen LogP) is 6.20. The van der Waals surface area contributed by atoms with E-state index in [1.807, 2.05) is 30.5 Å². The molecule has 36 heavy (non-hydrogen) atoms. The van der Waals surface area contributed by atoms with Crippen molar-refractivity contribution >= 4 is 35.0 Å². The molecule has 0 bridgehead atoms. The molecule has 0 aliphatic carbocycles. The van der Waals surface area contributed by atoms with Crippen LogP contribution < -0.4 is 15.4 Å². The van der Waals surface area contributed by atoms with Gasteiger partial charge in [-0.15, -0.1) is 10.2 Å². The summed E-state index contributed by atoms with van der Waals surface area (Å²) in [4.78, 5) is 24.2. The highest BCUT2D eigenvalue weighted by Gasteiger charge is 2.25. The van der Waals surface area contributed by atoms with Gasteiger partial charge in [-0.1, -0.05) is 43.8 Å². The number of aromatic nitrogens is 3. The Bertz CT molecular complexity index is 1190. The molecule has 1 heterocycles. The van der Waals surface area contributed by atoms with Crippen molar-refractivity contribution in [3.63, 3.8) is 0 Å². The number of thioether (sulfide) groups is 1. The highest BCUT2D eigenvalue weighted by Crippen LogP contribution is 2.30. The van der Waals surface area contributed by atoms with E-state index in [2.05, 4.69) is 60.7 Å². The molecule has 9 heteroatoms. The SMILES string of the molecule is CC(=O)Nc1cccc(NC(=O)C(C)Sc2nnc(C(C)Oc3ccc(C(C)C)cc3)n2C(C)C)c1. The first-order valence-electron chi connectivity index (χ1n) is 12.1. The summed E-state index contributed by atoms with van der Waals surface area (Å²) in [5.41, 5.74) is 2.49. The summed E-state index contributed by atoms with van der Waals surface area (Å²) >= 11 is 1.34. The molecule has 0 saturated heterocycles. The van der Waals surface area contributed by atoms with Crippen LogP contribution in [-0.2, 0) is 9.59 Å². The fourth-order valence-corrected chi connectivity index (χ4v) is 4.64.